The highest BCUT2D eigenvalue weighted by molar-refractivity contribution is 7.13. The quantitative estimate of drug-likeness (QED) is 0.888. The highest BCUT2D eigenvalue weighted by atomic mass is 32.1. The van der Waals surface area contributed by atoms with Gasteiger partial charge >= 0.3 is 0 Å². The van der Waals surface area contributed by atoms with Gasteiger partial charge in [-0.05, 0) is 25.5 Å². The lowest BCUT2D eigenvalue weighted by Crippen LogP contribution is -2.26. The van der Waals surface area contributed by atoms with E-state index in [1.165, 1.54) is 19.3 Å². The first-order chi connectivity index (χ1) is 8.92. The van der Waals surface area contributed by atoms with Crippen LogP contribution in [0.25, 0.3) is 0 Å². The molecule has 1 unspecified atom stereocenters. The average Bonchev–Trinajstić information content (AvgIpc) is 2.89. The van der Waals surface area contributed by atoms with E-state index in [0.29, 0.717) is 12.0 Å². The summed E-state index contributed by atoms with van der Waals surface area (Å²) in [6.07, 6.45) is 7.15. The van der Waals surface area contributed by atoms with Gasteiger partial charge in [0.15, 0.2) is 5.13 Å². The number of thiazole rings is 1. The van der Waals surface area contributed by atoms with Gasteiger partial charge in [0, 0.05) is 17.8 Å². The average molecular weight is 261 g/mol. The van der Waals surface area contributed by atoms with Gasteiger partial charge in [0.1, 0.15) is 0 Å². The molecule has 1 aliphatic rings. The highest BCUT2D eigenvalue weighted by Gasteiger charge is 2.17. The molecular formula is C12H15N5S. The minimum absolute atomic E-state index is 0.405. The molecule has 5 nitrogen and oxygen atoms in total. The van der Waals surface area contributed by atoms with Gasteiger partial charge in [-0.15, -0.1) is 11.3 Å². The van der Waals surface area contributed by atoms with Crippen LogP contribution >= 0.6 is 11.3 Å². The van der Waals surface area contributed by atoms with Crippen LogP contribution in [0, 0.1) is 0 Å². The Bertz CT molecular complexity index is 492. The van der Waals surface area contributed by atoms with Crippen molar-refractivity contribution in [2.45, 2.75) is 25.3 Å². The van der Waals surface area contributed by atoms with Gasteiger partial charge in [-0.1, -0.05) is 6.42 Å². The van der Waals surface area contributed by atoms with Crippen molar-refractivity contribution in [2.75, 3.05) is 11.9 Å². The molecular weight excluding hydrogens is 246 g/mol. The Balaban J connectivity index is 1.69. The van der Waals surface area contributed by atoms with Gasteiger partial charge in [0.25, 0.3) is 0 Å². The van der Waals surface area contributed by atoms with Crippen LogP contribution in [-0.2, 0) is 0 Å². The van der Waals surface area contributed by atoms with Gasteiger partial charge in [-0.2, -0.15) is 0 Å². The van der Waals surface area contributed by atoms with E-state index in [1.54, 1.807) is 29.8 Å². The number of anilines is 2. The Morgan fingerprint density at radius 1 is 1.28 bits per heavy atom. The van der Waals surface area contributed by atoms with Crippen LogP contribution in [-0.4, -0.2) is 21.5 Å². The van der Waals surface area contributed by atoms with Crippen LogP contribution < -0.4 is 10.6 Å². The molecule has 3 rings (SSSR count). The van der Waals surface area contributed by atoms with Gasteiger partial charge in [0.05, 0.1) is 11.7 Å². The van der Waals surface area contributed by atoms with Crippen molar-refractivity contribution < 1.29 is 0 Å². The Morgan fingerprint density at radius 2 is 2.17 bits per heavy atom. The minimum atomic E-state index is 0.405. The summed E-state index contributed by atoms with van der Waals surface area (Å²) in [4.78, 5) is 12.8. The predicted octanol–water partition coefficient (Wildman–Crippen LogP) is 2.49. The SMILES string of the molecule is c1cnc(Nc2nc(C3CCCCN3)cs2)nc1. The van der Waals surface area contributed by atoms with Crippen LogP contribution in [0.4, 0.5) is 11.1 Å². The molecule has 2 N–H and O–H groups in total. The molecule has 0 bridgehead atoms. The largest absolute Gasteiger partial charge is 0.309 e. The van der Waals surface area contributed by atoms with Crippen molar-refractivity contribution in [1.82, 2.24) is 20.3 Å². The van der Waals surface area contributed by atoms with Gasteiger partial charge in [0.2, 0.25) is 5.95 Å². The van der Waals surface area contributed by atoms with Crippen molar-refractivity contribution in [3.8, 4) is 0 Å². The third kappa shape index (κ3) is 2.65. The van der Waals surface area contributed by atoms with E-state index in [-0.39, 0.29) is 0 Å². The molecule has 1 atom stereocenters. The zero-order valence-corrected chi connectivity index (χ0v) is 10.8. The van der Waals surface area contributed by atoms with E-state index in [2.05, 4.69) is 31.0 Å². The normalized spacial score (nSPS) is 19.7. The maximum Gasteiger partial charge on any atom is 0.228 e. The van der Waals surface area contributed by atoms with E-state index >= 15 is 0 Å². The second-order valence-electron chi connectivity index (χ2n) is 4.28. The maximum absolute atomic E-state index is 4.59. The topological polar surface area (TPSA) is 62.7 Å². The second-order valence-corrected chi connectivity index (χ2v) is 5.14. The van der Waals surface area contributed by atoms with Crippen LogP contribution in [0.2, 0.25) is 0 Å². The van der Waals surface area contributed by atoms with Gasteiger partial charge in [-0.3, -0.25) is 0 Å². The molecule has 3 heterocycles. The van der Waals surface area contributed by atoms with Crippen LogP contribution in [0.3, 0.4) is 0 Å². The lowest BCUT2D eigenvalue weighted by atomic mass is 10.0. The lowest BCUT2D eigenvalue weighted by Gasteiger charge is -2.21. The number of rotatable bonds is 3. The summed E-state index contributed by atoms with van der Waals surface area (Å²) in [6.45, 7) is 1.09. The number of hydrogen-bond acceptors (Lipinski definition) is 6. The van der Waals surface area contributed by atoms with Crippen LogP contribution in [0.15, 0.2) is 23.8 Å². The Morgan fingerprint density at radius 3 is 2.94 bits per heavy atom. The number of aromatic nitrogens is 3. The Kier molecular flexibility index (Phi) is 3.47. The molecule has 2 aromatic heterocycles. The Hall–Kier alpha value is -1.53. The molecule has 1 aliphatic heterocycles. The first-order valence-electron chi connectivity index (χ1n) is 6.15. The van der Waals surface area contributed by atoms with Gasteiger partial charge in [-0.25, -0.2) is 15.0 Å². The van der Waals surface area contributed by atoms with E-state index in [9.17, 15) is 0 Å². The molecule has 1 saturated heterocycles. The smallest absolute Gasteiger partial charge is 0.228 e. The zero-order valence-electron chi connectivity index (χ0n) is 9.97. The predicted molar refractivity (Wildman–Crippen MR) is 72.0 cm³/mol. The molecule has 0 aromatic carbocycles. The number of nitrogens with one attached hydrogen (secondary N) is 2. The molecule has 0 spiro atoms. The van der Waals surface area contributed by atoms with E-state index < -0.39 is 0 Å². The zero-order chi connectivity index (χ0) is 12.2. The molecule has 0 radical (unpaired) electrons. The number of piperidine rings is 1. The summed E-state index contributed by atoms with van der Waals surface area (Å²) < 4.78 is 0. The molecule has 0 amide bonds. The summed E-state index contributed by atoms with van der Waals surface area (Å²) in [5.41, 5.74) is 1.12. The third-order valence-corrected chi connectivity index (χ3v) is 3.75. The second kappa shape index (κ2) is 5.41. The van der Waals surface area contributed by atoms with E-state index in [4.69, 9.17) is 0 Å². The van der Waals surface area contributed by atoms with E-state index in [0.717, 1.165) is 17.4 Å². The monoisotopic (exact) mass is 261 g/mol. The van der Waals surface area contributed by atoms with Crippen molar-refractivity contribution in [1.29, 1.82) is 0 Å². The first kappa shape index (κ1) is 11.6. The Labute approximate surface area is 110 Å². The molecule has 0 saturated carbocycles. The standard InChI is InChI=1S/C12H15N5S/c1-2-5-13-9(4-1)10-8-18-12(16-10)17-11-14-6-3-7-15-11/h3,6-9,13H,1-2,4-5H2,(H,14,15,16,17). The van der Waals surface area contributed by atoms with Crippen molar-refractivity contribution in [3.05, 3.63) is 29.5 Å². The molecule has 1 fully saturated rings. The molecule has 94 valence electrons. The molecule has 6 heteroatoms. The van der Waals surface area contributed by atoms with Gasteiger partial charge < -0.3 is 10.6 Å². The third-order valence-electron chi connectivity index (χ3n) is 2.97. The molecule has 2 aromatic rings. The fraction of sp³-hybridized carbons (Fsp3) is 0.417. The maximum atomic E-state index is 4.59. The molecule has 18 heavy (non-hydrogen) atoms. The van der Waals surface area contributed by atoms with Crippen molar-refractivity contribution in [2.24, 2.45) is 0 Å². The van der Waals surface area contributed by atoms with Crippen LogP contribution in [0.5, 0.6) is 0 Å². The minimum Gasteiger partial charge on any atom is -0.309 e. The highest BCUT2D eigenvalue weighted by Crippen LogP contribution is 2.27. The summed E-state index contributed by atoms with van der Waals surface area (Å²) in [6, 6.07) is 2.20. The fourth-order valence-electron chi connectivity index (χ4n) is 2.07. The van der Waals surface area contributed by atoms with Crippen LogP contribution in [0.1, 0.15) is 31.0 Å². The summed E-state index contributed by atoms with van der Waals surface area (Å²) >= 11 is 1.60. The van der Waals surface area contributed by atoms with Crippen molar-refractivity contribution >= 4 is 22.4 Å². The van der Waals surface area contributed by atoms with Crippen molar-refractivity contribution in [3.63, 3.8) is 0 Å². The summed E-state index contributed by atoms with van der Waals surface area (Å²) in [7, 11) is 0. The fourth-order valence-corrected chi connectivity index (χ4v) is 2.82. The molecule has 0 aliphatic carbocycles. The summed E-state index contributed by atoms with van der Waals surface area (Å²) in [5.74, 6) is 0.593. The lowest BCUT2D eigenvalue weighted by molar-refractivity contribution is 0.407. The number of nitrogens with zero attached hydrogens (tertiary/aromatic N) is 3. The first-order valence-corrected chi connectivity index (χ1v) is 7.02. The summed E-state index contributed by atoms with van der Waals surface area (Å²) in [5, 5.41) is 9.57. The number of hydrogen-bond donors (Lipinski definition) is 2. The van der Waals surface area contributed by atoms with E-state index in [1.807, 2.05) is 0 Å².